The highest BCUT2D eigenvalue weighted by Gasteiger charge is 2.23. The van der Waals surface area contributed by atoms with E-state index in [0.717, 1.165) is 25.1 Å². The van der Waals surface area contributed by atoms with Gasteiger partial charge in [-0.2, -0.15) is 5.10 Å². The number of piperidine rings is 1. The summed E-state index contributed by atoms with van der Waals surface area (Å²) in [5, 5.41) is 16.1. The number of fused-ring (bicyclic) bond motifs is 2. The maximum Gasteiger partial charge on any atom is 0.270 e. The third kappa shape index (κ3) is 4.94. The van der Waals surface area contributed by atoms with Crippen LogP contribution in [0.3, 0.4) is 0 Å². The van der Waals surface area contributed by atoms with E-state index in [1.807, 2.05) is 6.07 Å². The molecule has 5 rings (SSSR count). The van der Waals surface area contributed by atoms with Crippen molar-refractivity contribution in [2.75, 3.05) is 31.6 Å². The van der Waals surface area contributed by atoms with Crippen LogP contribution in [0.4, 0.5) is 5.69 Å². The zero-order valence-corrected chi connectivity index (χ0v) is 19.3. The number of benzene rings is 1. The minimum absolute atomic E-state index is 0.0156. The number of carbonyl (C=O) groups excluding carboxylic acids is 3. The van der Waals surface area contributed by atoms with Crippen molar-refractivity contribution in [3.05, 3.63) is 53.5 Å². The molecule has 3 amide bonds. The van der Waals surface area contributed by atoms with Crippen LogP contribution in [0.1, 0.15) is 39.9 Å². The number of carbonyl (C=O) groups is 3. The van der Waals surface area contributed by atoms with Crippen LogP contribution < -0.4 is 26.0 Å². The van der Waals surface area contributed by atoms with E-state index in [4.69, 9.17) is 4.74 Å². The van der Waals surface area contributed by atoms with Crippen molar-refractivity contribution in [1.82, 2.24) is 30.5 Å². The van der Waals surface area contributed by atoms with E-state index in [2.05, 4.69) is 38.3 Å². The summed E-state index contributed by atoms with van der Waals surface area (Å²) >= 11 is 0. The third-order valence-corrected chi connectivity index (χ3v) is 6.47. The Balaban J connectivity index is 1.29. The molecule has 0 radical (unpaired) electrons. The first-order valence-electron chi connectivity index (χ1n) is 11.7. The van der Waals surface area contributed by atoms with Crippen molar-refractivity contribution in [1.29, 1.82) is 0 Å². The molecule has 2 aromatic heterocycles. The van der Waals surface area contributed by atoms with Crippen molar-refractivity contribution < 1.29 is 19.1 Å². The van der Waals surface area contributed by atoms with Crippen molar-refractivity contribution in [2.45, 2.75) is 19.9 Å². The van der Waals surface area contributed by atoms with Gasteiger partial charge in [0.2, 0.25) is 0 Å². The van der Waals surface area contributed by atoms with E-state index in [0.29, 0.717) is 35.5 Å². The van der Waals surface area contributed by atoms with Crippen LogP contribution in [0.15, 0.2) is 36.5 Å². The molecule has 4 N–H and O–H groups in total. The SMILES string of the molecule is CC1CCNCC1CNC(=O)c1cc(C(=O)NCc2ccc3c(c2)NC(=O)CO3)nc2ccnn12. The highest BCUT2D eigenvalue weighted by Crippen LogP contribution is 2.28. The maximum atomic E-state index is 13.0. The van der Waals surface area contributed by atoms with Gasteiger partial charge < -0.3 is 26.0 Å². The Bertz CT molecular complexity index is 1290. The van der Waals surface area contributed by atoms with Crippen LogP contribution in [0, 0.1) is 11.8 Å². The summed E-state index contributed by atoms with van der Waals surface area (Å²) in [4.78, 5) is 41.8. The van der Waals surface area contributed by atoms with E-state index in [9.17, 15) is 14.4 Å². The molecule has 3 aromatic rings. The molecule has 1 saturated heterocycles. The van der Waals surface area contributed by atoms with Gasteiger partial charge in [0.15, 0.2) is 12.3 Å². The lowest BCUT2D eigenvalue weighted by Gasteiger charge is -2.29. The molecule has 35 heavy (non-hydrogen) atoms. The van der Waals surface area contributed by atoms with E-state index < -0.39 is 5.91 Å². The van der Waals surface area contributed by atoms with Gasteiger partial charge in [-0.1, -0.05) is 13.0 Å². The fourth-order valence-electron chi connectivity index (χ4n) is 4.35. The predicted molar refractivity (Wildman–Crippen MR) is 127 cm³/mol. The Morgan fingerprint density at radius 2 is 2.09 bits per heavy atom. The fraction of sp³-hybridized carbons (Fsp3) is 0.375. The van der Waals surface area contributed by atoms with Crippen LogP contribution in [0.5, 0.6) is 5.75 Å². The summed E-state index contributed by atoms with van der Waals surface area (Å²) in [6.45, 7) is 4.79. The standard InChI is InChI=1S/C24H27N7O4/c1-14-4-6-25-11-16(14)12-27-24(34)19-9-18(29-21-5-7-28-31(19)21)23(33)26-10-15-2-3-20-17(8-15)30-22(32)13-35-20/h2-3,5,7-9,14,16,25H,4,6,10-13H2,1H3,(H,26,33)(H,27,34)(H,30,32). The molecular formula is C24H27N7O4. The summed E-state index contributed by atoms with van der Waals surface area (Å²) in [7, 11) is 0. The zero-order valence-electron chi connectivity index (χ0n) is 19.3. The lowest BCUT2D eigenvalue weighted by Crippen LogP contribution is -2.42. The molecule has 2 aliphatic rings. The highest BCUT2D eigenvalue weighted by molar-refractivity contribution is 5.98. The monoisotopic (exact) mass is 477 g/mol. The topological polar surface area (TPSA) is 139 Å². The van der Waals surface area contributed by atoms with Gasteiger partial charge >= 0.3 is 0 Å². The number of nitrogens with zero attached hydrogens (tertiary/aromatic N) is 3. The van der Waals surface area contributed by atoms with Gasteiger partial charge in [0.1, 0.15) is 17.1 Å². The molecule has 0 saturated carbocycles. The molecule has 1 aromatic carbocycles. The van der Waals surface area contributed by atoms with Gasteiger partial charge in [-0.3, -0.25) is 14.4 Å². The molecule has 0 spiro atoms. The quantitative estimate of drug-likeness (QED) is 0.415. The average Bonchev–Trinajstić information content (AvgIpc) is 3.34. The number of anilines is 1. The Hall–Kier alpha value is -3.99. The van der Waals surface area contributed by atoms with Crippen molar-refractivity contribution in [3.63, 3.8) is 0 Å². The number of nitrogens with one attached hydrogen (secondary N) is 4. The van der Waals surface area contributed by atoms with Crippen LogP contribution in [0.2, 0.25) is 0 Å². The lowest BCUT2D eigenvalue weighted by molar-refractivity contribution is -0.118. The Morgan fingerprint density at radius 1 is 1.20 bits per heavy atom. The number of hydrogen-bond donors (Lipinski definition) is 4. The summed E-state index contributed by atoms with van der Waals surface area (Å²) in [5.74, 6) is 0.489. The number of aromatic nitrogens is 3. The number of hydrogen-bond acceptors (Lipinski definition) is 7. The number of amides is 3. The highest BCUT2D eigenvalue weighted by atomic mass is 16.5. The Kier molecular flexibility index (Phi) is 6.32. The van der Waals surface area contributed by atoms with Gasteiger partial charge in [-0.25, -0.2) is 9.50 Å². The van der Waals surface area contributed by atoms with Crippen molar-refractivity contribution in [3.8, 4) is 5.75 Å². The molecule has 4 heterocycles. The molecule has 1 fully saturated rings. The normalized spacial score (nSPS) is 19.4. The van der Waals surface area contributed by atoms with Crippen LogP contribution in [0.25, 0.3) is 5.65 Å². The summed E-state index contributed by atoms with van der Waals surface area (Å²) in [5.41, 5.74) is 2.11. The Labute approximate surface area is 201 Å². The first kappa shape index (κ1) is 22.8. The van der Waals surface area contributed by atoms with Crippen LogP contribution in [-0.2, 0) is 11.3 Å². The summed E-state index contributed by atoms with van der Waals surface area (Å²) < 4.78 is 6.79. The third-order valence-electron chi connectivity index (χ3n) is 6.47. The van der Waals surface area contributed by atoms with Gasteiger partial charge in [-0.15, -0.1) is 0 Å². The molecule has 11 nitrogen and oxygen atoms in total. The molecular weight excluding hydrogens is 450 g/mol. The van der Waals surface area contributed by atoms with Gasteiger partial charge in [-0.05, 0) is 49.0 Å². The molecule has 11 heteroatoms. The molecule has 2 aliphatic heterocycles. The van der Waals surface area contributed by atoms with Gasteiger partial charge in [0.25, 0.3) is 17.7 Å². The van der Waals surface area contributed by atoms with Crippen LogP contribution >= 0.6 is 0 Å². The molecule has 2 unspecified atom stereocenters. The average molecular weight is 478 g/mol. The largest absolute Gasteiger partial charge is 0.482 e. The molecule has 182 valence electrons. The number of rotatable bonds is 6. The predicted octanol–water partition coefficient (Wildman–Crippen LogP) is 0.966. The fourth-order valence-corrected chi connectivity index (χ4v) is 4.35. The second-order valence-electron chi connectivity index (χ2n) is 8.92. The van der Waals surface area contributed by atoms with Crippen LogP contribution in [-0.4, -0.2) is 58.6 Å². The minimum Gasteiger partial charge on any atom is -0.482 e. The summed E-state index contributed by atoms with van der Waals surface area (Å²) in [6, 6.07) is 8.41. The minimum atomic E-state index is -0.425. The molecule has 0 bridgehead atoms. The zero-order chi connectivity index (χ0) is 24.4. The van der Waals surface area contributed by atoms with Gasteiger partial charge in [0, 0.05) is 25.2 Å². The van der Waals surface area contributed by atoms with E-state index in [1.54, 1.807) is 18.2 Å². The first-order valence-corrected chi connectivity index (χ1v) is 11.7. The number of ether oxygens (including phenoxy) is 1. The van der Waals surface area contributed by atoms with Crippen molar-refractivity contribution >= 4 is 29.1 Å². The van der Waals surface area contributed by atoms with E-state index in [-0.39, 0.29) is 36.4 Å². The second kappa shape index (κ2) is 9.71. The smallest absolute Gasteiger partial charge is 0.270 e. The molecule has 0 aliphatic carbocycles. The second-order valence-corrected chi connectivity index (χ2v) is 8.92. The van der Waals surface area contributed by atoms with Crippen molar-refractivity contribution in [2.24, 2.45) is 11.8 Å². The first-order chi connectivity index (χ1) is 17.0. The lowest BCUT2D eigenvalue weighted by atomic mass is 9.88. The Morgan fingerprint density at radius 3 is 2.94 bits per heavy atom. The molecule has 2 atom stereocenters. The maximum absolute atomic E-state index is 13.0. The van der Waals surface area contributed by atoms with Gasteiger partial charge in [0.05, 0.1) is 11.9 Å². The van der Waals surface area contributed by atoms with E-state index >= 15 is 0 Å². The summed E-state index contributed by atoms with van der Waals surface area (Å²) in [6.07, 6.45) is 2.62. The van der Waals surface area contributed by atoms with E-state index in [1.165, 1.54) is 16.8 Å².